The first-order valence-electron chi connectivity index (χ1n) is 13.4. The van der Waals surface area contributed by atoms with E-state index in [0.717, 1.165) is 27.4 Å². The summed E-state index contributed by atoms with van der Waals surface area (Å²) in [5.74, 6) is -0.550. The Bertz CT molecular complexity index is 1390. The standard InChI is InChI=1S/C31H38ClN3O4S/c1-6-19-33-31(37)24(5)34(20-25-9-13-27(32)14-10-25)30(36)21-35(28-15-11-26(12-16-28)22(2)3)40(38,39)29-17-7-23(4)8-18-29/h7-18,22,24H,6,19-21H2,1-5H3,(H,33,37)/t24-/m1/s1. The molecule has 3 aromatic carbocycles. The molecule has 40 heavy (non-hydrogen) atoms. The van der Waals surface area contributed by atoms with Gasteiger partial charge in [0, 0.05) is 18.1 Å². The largest absolute Gasteiger partial charge is 0.354 e. The Morgan fingerprint density at radius 2 is 1.50 bits per heavy atom. The van der Waals surface area contributed by atoms with Gasteiger partial charge >= 0.3 is 0 Å². The van der Waals surface area contributed by atoms with Crippen molar-refractivity contribution in [2.45, 2.75) is 64.4 Å². The number of hydrogen-bond acceptors (Lipinski definition) is 4. The Morgan fingerprint density at radius 1 is 0.900 bits per heavy atom. The van der Waals surface area contributed by atoms with Gasteiger partial charge in [-0.2, -0.15) is 0 Å². The Kier molecular flexibility index (Phi) is 10.8. The van der Waals surface area contributed by atoms with Gasteiger partial charge in [0.2, 0.25) is 11.8 Å². The summed E-state index contributed by atoms with van der Waals surface area (Å²) in [6, 6.07) is 19.9. The van der Waals surface area contributed by atoms with Crippen LogP contribution in [0.25, 0.3) is 0 Å². The van der Waals surface area contributed by atoms with Crippen LogP contribution in [-0.4, -0.2) is 44.3 Å². The number of benzene rings is 3. The molecule has 0 aliphatic carbocycles. The highest BCUT2D eigenvalue weighted by Crippen LogP contribution is 2.27. The van der Waals surface area contributed by atoms with Gasteiger partial charge in [0.25, 0.3) is 10.0 Å². The van der Waals surface area contributed by atoms with Gasteiger partial charge < -0.3 is 10.2 Å². The fraction of sp³-hybridized carbons (Fsp3) is 0.355. The van der Waals surface area contributed by atoms with Crippen molar-refractivity contribution in [2.24, 2.45) is 0 Å². The molecule has 0 saturated heterocycles. The molecule has 7 nitrogen and oxygen atoms in total. The van der Waals surface area contributed by atoms with E-state index >= 15 is 0 Å². The Balaban J connectivity index is 2.03. The summed E-state index contributed by atoms with van der Waals surface area (Å²) >= 11 is 6.05. The third-order valence-corrected chi connectivity index (χ3v) is 8.76. The van der Waals surface area contributed by atoms with E-state index in [2.05, 4.69) is 19.2 Å². The Morgan fingerprint density at radius 3 is 2.05 bits per heavy atom. The lowest BCUT2D eigenvalue weighted by atomic mass is 10.0. The normalized spacial score (nSPS) is 12.2. The highest BCUT2D eigenvalue weighted by molar-refractivity contribution is 7.92. The summed E-state index contributed by atoms with van der Waals surface area (Å²) in [6.45, 7) is 9.69. The molecule has 0 saturated carbocycles. The van der Waals surface area contributed by atoms with Crippen LogP contribution in [0.3, 0.4) is 0 Å². The number of carbonyl (C=O) groups is 2. The van der Waals surface area contributed by atoms with E-state index in [1.54, 1.807) is 55.5 Å². The topological polar surface area (TPSA) is 86.8 Å². The van der Waals surface area contributed by atoms with Gasteiger partial charge in [0.1, 0.15) is 12.6 Å². The predicted molar refractivity (Wildman–Crippen MR) is 161 cm³/mol. The second-order valence-electron chi connectivity index (χ2n) is 10.2. The molecular formula is C31H38ClN3O4S. The van der Waals surface area contributed by atoms with Gasteiger partial charge in [0.15, 0.2) is 0 Å². The molecule has 0 fully saturated rings. The van der Waals surface area contributed by atoms with Crippen molar-refractivity contribution in [3.05, 3.63) is 94.5 Å². The van der Waals surface area contributed by atoms with Crippen LogP contribution in [0.2, 0.25) is 5.02 Å². The van der Waals surface area contributed by atoms with E-state index in [1.807, 2.05) is 26.0 Å². The molecule has 0 aromatic heterocycles. The second-order valence-corrected chi connectivity index (χ2v) is 12.5. The minimum atomic E-state index is -4.10. The van der Waals surface area contributed by atoms with E-state index in [0.29, 0.717) is 17.3 Å². The molecule has 0 unspecified atom stereocenters. The summed E-state index contributed by atoms with van der Waals surface area (Å²) in [5, 5.41) is 3.39. The van der Waals surface area contributed by atoms with Gasteiger partial charge in [-0.15, -0.1) is 0 Å². The zero-order valence-electron chi connectivity index (χ0n) is 23.7. The van der Waals surface area contributed by atoms with Crippen LogP contribution in [0.15, 0.2) is 77.7 Å². The maximum atomic E-state index is 13.9. The van der Waals surface area contributed by atoms with Crippen molar-refractivity contribution in [3.8, 4) is 0 Å². The smallest absolute Gasteiger partial charge is 0.264 e. The molecule has 1 N–H and O–H groups in total. The molecule has 1 atom stereocenters. The number of nitrogens with zero attached hydrogens (tertiary/aromatic N) is 2. The summed E-state index contributed by atoms with van der Waals surface area (Å²) in [4.78, 5) is 28.4. The predicted octanol–water partition coefficient (Wildman–Crippen LogP) is 5.91. The number of rotatable bonds is 12. The molecule has 0 bridgehead atoms. The van der Waals surface area contributed by atoms with Crippen molar-refractivity contribution in [2.75, 3.05) is 17.4 Å². The van der Waals surface area contributed by atoms with Gasteiger partial charge in [-0.1, -0.05) is 74.3 Å². The summed E-state index contributed by atoms with van der Waals surface area (Å²) in [5.41, 5.74) is 3.10. The molecule has 0 aliphatic heterocycles. The maximum Gasteiger partial charge on any atom is 0.264 e. The van der Waals surface area contributed by atoms with E-state index < -0.39 is 28.5 Å². The van der Waals surface area contributed by atoms with Crippen LogP contribution >= 0.6 is 11.6 Å². The van der Waals surface area contributed by atoms with Crippen LogP contribution in [0.1, 0.15) is 56.7 Å². The van der Waals surface area contributed by atoms with Crippen LogP contribution in [0.4, 0.5) is 5.69 Å². The number of sulfonamides is 1. The first-order valence-corrected chi connectivity index (χ1v) is 15.3. The van der Waals surface area contributed by atoms with E-state index in [4.69, 9.17) is 11.6 Å². The van der Waals surface area contributed by atoms with Crippen LogP contribution < -0.4 is 9.62 Å². The van der Waals surface area contributed by atoms with Crippen LogP contribution in [-0.2, 0) is 26.2 Å². The first kappa shape index (κ1) is 31.2. The number of amides is 2. The highest BCUT2D eigenvalue weighted by Gasteiger charge is 2.32. The Hall–Kier alpha value is -3.36. The van der Waals surface area contributed by atoms with Crippen molar-refractivity contribution in [3.63, 3.8) is 0 Å². The van der Waals surface area contributed by atoms with Crippen molar-refractivity contribution < 1.29 is 18.0 Å². The van der Waals surface area contributed by atoms with Gasteiger partial charge in [-0.3, -0.25) is 13.9 Å². The lowest BCUT2D eigenvalue weighted by Gasteiger charge is -2.32. The molecule has 0 aliphatic rings. The summed E-state index contributed by atoms with van der Waals surface area (Å²) in [7, 11) is -4.10. The maximum absolute atomic E-state index is 13.9. The fourth-order valence-corrected chi connectivity index (χ4v) is 5.70. The monoisotopic (exact) mass is 583 g/mol. The molecule has 0 spiro atoms. The van der Waals surface area contributed by atoms with Gasteiger partial charge in [-0.25, -0.2) is 8.42 Å². The zero-order valence-corrected chi connectivity index (χ0v) is 25.3. The van der Waals surface area contributed by atoms with E-state index in [1.165, 1.54) is 17.0 Å². The zero-order chi connectivity index (χ0) is 29.4. The minimum absolute atomic E-state index is 0.0804. The average molecular weight is 584 g/mol. The number of aryl methyl sites for hydroxylation is 1. The third-order valence-electron chi connectivity index (χ3n) is 6.72. The number of anilines is 1. The highest BCUT2D eigenvalue weighted by atomic mass is 35.5. The van der Waals surface area contributed by atoms with Gasteiger partial charge in [0.05, 0.1) is 10.6 Å². The third kappa shape index (κ3) is 7.86. The van der Waals surface area contributed by atoms with Crippen molar-refractivity contribution >= 4 is 39.1 Å². The lowest BCUT2D eigenvalue weighted by molar-refractivity contribution is -0.139. The number of carbonyl (C=O) groups excluding carboxylic acids is 2. The summed E-state index contributed by atoms with van der Waals surface area (Å²) < 4.78 is 29.0. The van der Waals surface area contributed by atoms with E-state index in [-0.39, 0.29) is 23.3 Å². The number of halogens is 1. The molecule has 9 heteroatoms. The van der Waals surface area contributed by atoms with Gasteiger partial charge in [-0.05, 0) is 73.7 Å². The van der Waals surface area contributed by atoms with Crippen LogP contribution in [0.5, 0.6) is 0 Å². The first-order chi connectivity index (χ1) is 18.9. The van der Waals surface area contributed by atoms with E-state index in [9.17, 15) is 18.0 Å². The minimum Gasteiger partial charge on any atom is -0.354 e. The molecule has 3 rings (SSSR count). The lowest BCUT2D eigenvalue weighted by Crippen LogP contribution is -2.51. The molecular weight excluding hydrogens is 546 g/mol. The number of nitrogens with one attached hydrogen (secondary N) is 1. The quantitative estimate of drug-likeness (QED) is 0.287. The fourth-order valence-electron chi connectivity index (χ4n) is 4.16. The average Bonchev–Trinajstić information content (AvgIpc) is 2.94. The summed E-state index contributed by atoms with van der Waals surface area (Å²) in [6.07, 6.45) is 0.749. The number of hydrogen-bond donors (Lipinski definition) is 1. The molecule has 214 valence electrons. The second kappa shape index (κ2) is 13.8. The molecule has 3 aromatic rings. The molecule has 2 amide bonds. The van der Waals surface area contributed by atoms with Crippen molar-refractivity contribution in [1.29, 1.82) is 0 Å². The Labute approximate surface area is 243 Å². The molecule has 0 heterocycles. The SMILES string of the molecule is CCCNC(=O)[C@@H](C)N(Cc1ccc(Cl)cc1)C(=O)CN(c1ccc(C(C)C)cc1)S(=O)(=O)c1ccc(C)cc1. The van der Waals surface area contributed by atoms with Crippen LogP contribution in [0, 0.1) is 6.92 Å². The molecule has 0 radical (unpaired) electrons. The van der Waals surface area contributed by atoms with Crippen molar-refractivity contribution in [1.82, 2.24) is 10.2 Å².